The third-order valence-corrected chi connectivity index (χ3v) is 12.4. The summed E-state index contributed by atoms with van der Waals surface area (Å²) in [5.74, 6) is -0.584. The number of para-hydroxylation sites is 1. The molecule has 5 aromatic heterocycles. The lowest BCUT2D eigenvalue weighted by molar-refractivity contribution is -0.141. The van der Waals surface area contributed by atoms with Crippen molar-refractivity contribution in [2.75, 3.05) is 38.5 Å². The van der Waals surface area contributed by atoms with E-state index in [1.54, 1.807) is 47.3 Å². The summed E-state index contributed by atoms with van der Waals surface area (Å²) in [4.78, 5) is 41.5. The maximum Gasteiger partial charge on any atom is 0.254 e. The van der Waals surface area contributed by atoms with Gasteiger partial charge < -0.3 is 35.4 Å². The molecule has 0 spiro atoms. The van der Waals surface area contributed by atoms with Gasteiger partial charge in [-0.25, -0.2) is 4.98 Å². The van der Waals surface area contributed by atoms with Crippen molar-refractivity contribution in [2.45, 2.75) is 77.1 Å². The zero-order valence-corrected chi connectivity index (χ0v) is 34.7. The lowest BCUT2D eigenvalue weighted by atomic mass is 9.91. The van der Waals surface area contributed by atoms with Crippen molar-refractivity contribution < 1.29 is 29.1 Å². The molecule has 4 atom stereocenters. The third-order valence-electron chi connectivity index (χ3n) is 11.4. The SMILES string of the molecule is Cc1ncsc1-c1ccc([C@H](C)NC(=O)[C@@H]2C[C@@H](O)CN2C(=O)C(c2cc(OCCN3CCC(n4nc(N)c5nnc(-c6ccccc6O)cc54)CC3)no2)C(C)C)nc1. The number of fused-ring (bicyclic) bond motifs is 1. The number of rotatable bonds is 13. The smallest absolute Gasteiger partial charge is 0.254 e. The van der Waals surface area contributed by atoms with Crippen molar-refractivity contribution >= 4 is 40.0 Å². The van der Waals surface area contributed by atoms with Crippen molar-refractivity contribution in [2.24, 2.45) is 5.92 Å². The number of amides is 2. The Bertz CT molecular complexity index is 2460. The van der Waals surface area contributed by atoms with Gasteiger partial charge in [-0.05, 0) is 62.0 Å². The highest BCUT2D eigenvalue weighted by atomic mass is 32.1. The molecular formula is C42H49N11O6S. The van der Waals surface area contributed by atoms with Gasteiger partial charge in [-0.1, -0.05) is 32.0 Å². The van der Waals surface area contributed by atoms with Crippen LogP contribution in [0.5, 0.6) is 11.6 Å². The number of carbonyl (C=O) groups is 2. The first kappa shape index (κ1) is 40.8. The van der Waals surface area contributed by atoms with E-state index in [0.29, 0.717) is 47.2 Å². The zero-order valence-electron chi connectivity index (χ0n) is 33.9. The number of nitrogens with zero attached hydrogens (tertiary/aromatic N) is 9. The standard InChI is InChI=1S/C42H49N11O6S/c1-23(2)37(42(57)52-21-28(54)17-33(52)41(56)46-24(3)30-10-9-26(20-44-30)39-25(4)45-22-60-39)35-19-36(50-59-35)58-16-15-51-13-11-27(12-14-51)53-32-18-31(29-7-5-6-8-34(29)55)47-48-38(32)40(43)49-53/h5-10,18-20,22-24,27-28,33,37,54-55H,11-17,21H2,1-4H3,(H2,43,49)(H,46,56)/t24-,28+,33-,37?/m0/s1. The number of benzene rings is 1. The van der Waals surface area contributed by atoms with Gasteiger partial charge in [0.2, 0.25) is 11.8 Å². The lowest BCUT2D eigenvalue weighted by Crippen LogP contribution is -2.48. The van der Waals surface area contributed by atoms with Gasteiger partial charge in [0.1, 0.15) is 24.3 Å². The summed E-state index contributed by atoms with van der Waals surface area (Å²) >= 11 is 1.55. The number of carbonyl (C=O) groups excluding carboxylic acids is 2. The number of aryl methyl sites for hydroxylation is 1. The minimum absolute atomic E-state index is 0.0290. The van der Waals surface area contributed by atoms with Gasteiger partial charge in [-0.2, -0.15) is 5.10 Å². The minimum Gasteiger partial charge on any atom is -0.507 e. The van der Waals surface area contributed by atoms with E-state index in [4.69, 9.17) is 15.0 Å². The molecule has 1 aromatic carbocycles. The second-order valence-corrected chi connectivity index (χ2v) is 16.7. The molecule has 5 N–H and O–H groups in total. The average molecular weight is 836 g/mol. The van der Waals surface area contributed by atoms with Crippen LogP contribution in [0.4, 0.5) is 5.82 Å². The third kappa shape index (κ3) is 8.39. The molecule has 2 aliphatic heterocycles. The van der Waals surface area contributed by atoms with Crippen LogP contribution in [0.3, 0.4) is 0 Å². The number of aliphatic hydroxyl groups excluding tert-OH is 1. The summed E-state index contributed by atoms with van der Waals surface area (Å²) in [7, 11) is 0. The topological polar surface area (TPSA) is 224 Å². The van der Waals surface area contributed by atoms with Crippen molar-refractivity contribution in [1.82, 2.24) is 50.2 Å². The fourth-order valence-electron chi connectivity index (χ4n) is 8.19. The molecule has 2 amide bonds. The molecule has 60 heavy (non-hydrogen) atoms. The molecule has 18 heteroatoms. The monoisotopic (exact) mass is 835 g/mol. The quantitative estimate of drug-likeness (QED) is 0.122. The van der Waals surface area contributed by atoms with Crippen molar-refractivity contribution in [1.29, 1.82) is 0 Å². The van der Waals surface area contributed by atoms with Crippen molar-refractivity contribution in [3.05, 3.63) is 77.4 Å². The van der Waals surface area contributed by atoms with Crippen molar-refractivity contribution in [3.63, 3.8) is 0 Å². The Labute approximate surface area is 350 Å². The van der Waals surface area contributed by atoms with E-state index in [1.165, 1.54) is 4.90 Å². The van der Waals surface area contributed by atoms with E-state index in [9.17, 15) is 19.8 Å². The first-order chi connectivity index (χ1) is 28.9. The van der Waals surface area contributed by atoms with E-state index in [1.807, 2.05) is 56.6 Å². The molecule has 0 aliphatic carbocycles. The fraction of sp³-hybridized carbons (Fsp3) is 0.429. The van der Waals surface area contributed by atoms with Crippen LogP contribution in [0, 0.1) is 12.8 Å². The van der Waals surface area contributed by atoms with E-state index >= 15 is 0 Å². The second-order valence-electron chi connectivity index (χ2n) is 15.9. The van der Waals surface area contributed by atoms with Gasteiger partial charge in [-0.15, -0.1) is 21.5 Å². The van der Waals surface area contributed by atoms with Crippen LogP contribution in [-0.4, -0.2) is 112 Å². The second kappa shape index (κ2) is 17.3. The maximum atomic E-state index is 14.2. The number of phenols is 1. The summed E-state index contributed by atoms with van der Waals surface area (Å²) in [6.45, 7) is 10.3. The van der Waals surface area contributed by atoms with Crippen LogP contribution >= 0.6 is 11.3 Å². The molecule has 8 rings (SSSR count). The summed E-state index contributed by atoms with van der Waals surface area (Å²) in [5.41, 5.74) is 13.0. The molecule has 0 bridgehead atoms. The highest BCUT2D eigenvalue weighted by Gasteiger charge is 2.43. The van der Waals surface area contributed by atoms with Gasteiger partial charge in [0.05, 0.1) is 51.2 Å². The molecular weight excluding hydrogens is 787 g/mol. The number of aromatic nitrogens is 7. The molecule has 2 aliphatic rings. The maximum absolute atomic E-state index is 14.2. The number of thiazole rings is 1. The Morgan fingerprint density at radius 3 is 2.60 bits per heavy atom. The van der Waals surface area contributed by atoms with E-state index in [2.05, 4.69) is 40.6 Å². The first-order valence-electron chi connectivity index (χ1n) is 20.2. The Morgan fingerprint density at radius 1 is 1.08 bits per heavy atom. The first-order valence-corrected chi connectivity index (χ1v) is 21.1. The number of piperidine rings is 1. The number of anilines is 1. The number of hydrogen-bond acceptors (Lipinski definition) is 15. The zero-order chi connectivity index (χ0) is 42.1. The molecule has 314 valence electrons. The number of nitrogens with two attached hydrogens (primary N) is 1. The van der Waals surface area contributed by atoms with E-state index < -0.39 is 24.1 Å². The largest absolute Gasteiger partial charge is 0.507 e. The molecule has 6 aromatic rings. The molecule has 0 radical (unpaired) electrons. The summed E-state index contributed by atoms with van der Waals surface area (Å²) < 4.78 is 13.6. The molecule has 1 unspecified atom stereocenters. The van der Waals surface area contributed by atoms with E-state index in [-0.39, 0.29) is 48.4 Å². The average Bonchev–Trinajstić information content (AvgIpc) is 4.05. The highest BCUT2D eigenvalue weighted by Crippen LogP contribution is 2.35. The predicted molar refractivity (Wildman–Crippen MR) is 224 cm³/mol. The van der Waals surface area contributed by atoms with Crippen LogP contribution in [0.1, 0.15) is 75.2 Å². The number of phenolic OH excluding ortho intramolecular Hbond substituents is 1. The Morgan fingerprint density at radius 2 is 1.88 bits per heavy atom. The van der Waals surface area contributed by atoms with Crippen LogP contribution in [0.25, 0.3) is 32.7 Å². The Balaban J connectivity index is 0.849. The Kier molecular flexibility index (Phi) is 11.8. The summed E-state index contributed by atoms with van der Waals surface area (Å²) in [6, 6.07) is 13.2. The number of aliphatic hydroxyl groups is 1. The van der Waals surface area contributed by atoms with Crippen LogP contribution < -0.4 is 15.8 Å². The molecule has 17 nitrogen and oxygen atoms in total. The number of hydrogen-bond donors (Lipinski definition) is 4. The lowest BCUT2D eigenvalue weighted by Gasteiger charge is -2.32. The van der Waals surface area contributed by atoms with Gasteiger partial charge in [0.25, 0.3) is 5.88 Å². The number of pyridine rings is 1. The Hall–Kier alpha value is -5.98. The fourth-order valence-corrected chi connectivity index (χ4v) is 8.98. The number of nitrogens with one attached hydrogen (secondary N) is 1. The molecule has 0 saturated carbocycles. The number of ether oxygens (including phenoxy) is 1. The summed E-state index contributed by atoms with van der Waals surface area (Å²) in [5, 5.41) is 41.4. The molecule has 2 saturated heterocycles. The van der Waals surface area contributed by atoms with Crippen LogP contribution in [-0.2, 0) is 9.59 Å². The molecule has 2 fully saturated rings. The normalized spacial score (nSPS) is 18.6. The number of likely N-dealkylation sites (tertiary alicyclic amines) is 2. The minimum atomic E-state index is -0.864. The van der Waals surface area contributed by atoms with Gasteiger partial charge >= 0.3 is 0 Å². The van der Waals surface area contributed by atoms with Gasteiger partial charge in [-0.3, -0.25) is 24.2 Å². The molecule has 7 heterocycles. The predicted octanol–water partition coefficient (Wildman–Crippen LogP) is 4.89. The number of β-amino-alcohol motifs (C(OH)–C–C–N with tert-alkyl or cyclic N) is 1. The van der Waals surface area contributed by atoms with Gasteiger partial charge in [0, 0.05) is 56.0 Å². The highest BCUT2D eigenvalue weighted by molar-refractivity contribution is 7.13. The van der Waals surface area contributed by atoms with Crippen molar-refractivity contribution in [3.8, 4) is 33.3 Å². The summed E-state index contributed by atoms with van der Waals surface area (Å²) in [6.07, 6.45) is 2.71. The van der Waals surface area contributed by atoms with Gasteiger partial charge in [0.15, 0.2) is 17.1 Å². The van der Waals surface area contributed by atoms with Crippen LogP contribution in [0.2, 0.25) is 0 Å². The number of aromatic hydroxyl groups is 1. The van der Waals surface area contributed by atoms with E-state index in [0.717, 1.165) is 47.6 Å². The van der Waals surface area contributed by atoms with Crippen LogP contribution in [0.15, 0.2) is 64.8 Å². The number of nitrogen functional groups attached to an aromatic ring is 1.